The Morgan fingerprint density at radius 1 is 1.69 bits per heavy atom. The van der Waals surface area contributed by atoms with Crippen LogP contribution in [0.25, 0.3) is 0 Å². The summed E-state index contributed by atoms with van der Waals surface area (Å²) in [6, 6.07) is -1.08. The quantitative estimate of drug-likeness (QED) is 0.352. The number of rotatable bonds is 2. The van der Waals surface area contributed by atoms with Crippen LogP contribution in [0, 0.1) is 0 Å². The van der Waals surface area contributed by atoms with Crippen LogP contribution in [-0.4, -0.2) is 53.6 Å². The first-order valence-corrected chi connectivity index (χ1v) is 3.85. The van der Waals surface area contributed by atoms with Gasteiger partial charge >= 0.3 is 0 Å². The van der Waals surface area contributed by atoms with Gasteiger partial charge in [0.15, 0.2) is 0 Å². The van der Waals surface area contributed by atoms with Crippen molar-refractivity contribution < 1.29 is 20.1 Å². The van der Waals surface area contributed by atoms with E-state index in [2.05, 4.69) is 12.3 Å². The summed E-state index contributed by atoms with van der Waals surface area (Å²) in [7, 11) is 5.41. The average Bonchev–Trinajstić information content (AvgIpc) is 2.31. The molecule has 1 unspecified atom stereocenters. The predicted octanol–water partition coefficient (Wildman–Crippen LogP) is -1.69. The van der Waals surface area contributed by atoms with Crippen molar-refractivity contribution in [2.24, 2.45) is 0 Å². The largest absolute Gasteiger partial charge is 0.394 e. The van der Waals surface area contributed by atoms with Crippen LogP contribution in [0.1, 0.15) is 0 Å². The van der Waals surface area contributed by atoms with Gasteiger partial charge < -0.3 is 20.1 Å². The Morgan fingerprint density at radius 3 is 2.69 bits per heavy atom. The van der Waals surface area contributed by atoms with E-state index >= 15 is 0 Å². The topological polar surface area (TPSA) is 69.9 Å². The minimum absolute atomic E-state index is 0.401. The molecule has 3 N–H and O–H groups in total. The van der Waals surface area contributed by atoms with Crippen LogP contribution in [0.4, 0.5) is 0 Å². The summed E-state index contributed by atoms with van der Waals surface area (Å²) in [6.07, 6.45) is -0.996. The van der Waals surface area contributed by atoms with E-state index in [-0.39, 0.29) is 0 Å². The highest BCUT2D eigenvalue weighted by Gasteiger charge is 2.50. The van der Waals surface area contributed by atoms with E-state index in [1.54, 1.807) is 0 Å². The van der Waals surface area contributed by atoms with Crippen LogP contribution in [0.2, 0.25) is 0 Å². The number of aliphatic hydroxyl groups is 3. The Morgan fingerprint density at radius 2 is 2.31 bits per heavy atom. The van der Waals surface area contributed by atoms with Gasteiger partial charge in [-0.05, 0) is 6.08 Å². The molecule has 1 heterocycles. The number of hydrogen-bond acceptors (Lipinski definition) is 4. The lowest BCUT2D eigenvalue weighted by atomic mass is 9.80. The first-order chi connectivity index (χ1) is 6.06. The van der Waals surface area contributed by atoms with Crippen LogP contribution < -0.4 is 0 Å². The van der Waals surface area contributed by atoms with Crippen LogP contribution in [-0.2, 0) is 4.74 Å². The lowest BCUT2D eigenvalue weighted by Gasteiger charge is -2.24. The Bertz CT molecular complexity index is 238. The molecule has 1 saturated heterocycles. The Hall–Kier alpha value is -0.575. The van der Waals surface area contributed by atoms with Crippen molar-refractivity contribution in [2.45, 2.75) is 23.8 Å². The molecule has 1 aliphatic rings. The first kappa shape index (κ1) is 10.5. The highest BCUT2D eigenvalue weighted by molar-refractivity contribution is 6.12. The summed E-state index contributed by atoms with van der Waals surface area (Å²) in [5.41, 5.74) is 0.616. The predicted molar refractivity (Wildman–Crippen MR) is 46.2 cm³/mol. The van der Waals surface area contributed by atoms with Gasteiger partial charge in [-0.15, -0.1) is 5.73 Å². The molecule has 0 aromatic rings. The second-order valence-corrected chi connectivity index (χ2v) is 2.96. The van der Waals surface area contributed by atoms with Gasteiger partial charge in [-0.2, -0.15) is 0 Å². The molecule has 0 amide bonds. The Kier molecular flexibility index (Phi) is 2.96. The molecule has 4 atom stereocenters. The summed E-state index contributed by atoms with van der Waals surface area (Å²) < 4.78 is 4.92. The van der Waals surface area contributed by atoms with Crippen molar-refractivity contribution in [1.29, 1.82) is 0 Å². The van der Waals surface area contributed by atoms with Crippen LogP contribution in [0.15, 0.2) is 18.4 Å². The van der Waals surface area contributed by atoms with Crippen LogP contribution in [0.5, 0.6) is 0 Å². The standard InChI is InChI=1S/C8H11BO4/c1-2-3-8(12)6(11)5(4-10)13-7(8)9/h3,5-7,10-12H,1,4H2/t5-,6?,7-,8-/m1/s1. The number of aliphatic hydroxyl groups excluding tert-OH is 2. The molecule has 0 aliphatic carbocycles. The van der Waals surface area contributed by atoms with Crippen molar-refractivity contribution in [3.8, 4) is 0 Å². The molecule has 0 aromatic carbocycles. The van der Waals surface area contributed by atoms with Gasteiger partial charge in [0.05, 0.1) is 12.6 Å². The molecule has 13 heavy (non-hydrogen) atoms. The zero-order valence-corrected chi connectivity index (χ0v) is 7.05. The molecular formula is C8H11BO4. The lowest BCUT2D eigenvalue weighted by molar-refractivity contribution is -0.0285. The van der Waals surface area contributed by atoms with Crippen LogP contribution >= 0.6 is 0 Å². The molecule has 1 aliphatic heterocycles. The maximum Gasteiger partial charge on any atom is 0.136 e. The van der Waals surface area contributed by atoms with Gasteiger partial charge in [0.1, 0.15) is 25.7 Å². The van der Waals surface area contributed by atoms with E-state index in [1.165, 1.54) is 0 Å². The van der Waals surface area contributed by atoms with E-state index in [0.717, 1.165) is 6.08 Å². The number of ether oxygens (including phenoxy) is 1. The fourth-order valence-corrected chi connectivity index (χ4v) is 1.31. The number of hydrogen-bond donors (Lipinski definition) is 3. The minimum Gasteiger partial charge on any atom is -0.394 e. The summed E-state index contributed by atoms with van der Waals surface area (Å²) in [4.78, 5) is 0. The first-order valence-electron chi connectivity index (χ1n) is 3.85. The van der Waals surface area contributed by atoms with E-state index < -0.39 is 30.4 Å². The molecule has 70 valence electrons. The molecule has 5 heteroatoms. The molecule has 1 fully saturated rings. The smallest absolute Gasteiger partial charge is 0.136 e. The highest BCUT2D eigenvalue weighted by atomic mass is 16.6. The molecule has 0 spiro atoms. The Balaban J connectivity index is 2.91. The zero-order chi connectivity index (χ0) is 10.1. The fraction of sp³-hybridized carbons (Fsp3) is 0.625. The van der Waals surface area contributed by atoms with Crippen molar-refractivity contribution in [2.75, 3.05) is 6.61 Å². The van der Waals surface area contributed by atoms with E-state index in [9.17, 15) is 10.2 Å². The van der Waals surface area contributed by atoms with E-state index in [0.29, 0.717) is 0 Å². The Labute approximate surface area is 77.6 Å². The maximum atomic E-state index is 9.76. The minimum atomic E-state index is -1.71. The van der Waals surface area contributed by atoms with E-state index in [4.69, 9.17) is 17.7 Å². The molecule has 0 saturated carbocycles. The third-order valence-electron chi connectivity index (χ3n) is 2.12. The van der Waals surface area contributed by atoms with Gasteiger partial charge in [-0.25, -0.2) is 0 Å². The molecule has 1 rings (SSSR count). The summed E-state index contributed by atoms with van der Waals surface area (Å²) in [5, 5.41) is 28.0. The average molecular weight is 182 g/mol. The van der Waals surface area contributed by atoms with Crippen molar-refractivity contribution in [3.63, 3.8) is 0 Å². The molecular weight excluding hydrogens is 171 g/mol. The maximum absolute atomic E-state index is 9.76. The molecule has 2 radical (unpaired) electrons. The van der Waals surface area contributed by atoms with Gasteiger partial charge in [-0.3, -0.25) is 0 Å². The monoisotopic (exact) mass is 182 g/mol. The lowest BCUT2D eigenvalue weighted by Crippen LogP contribution is -2.47. The SMILES string of the molecule is [B][C@@H]1O[C@H](CO)C(O)[C@]1(O)C=C=C. The fourth-order valence-electron chi connectivity index (χ4n) is 1.31. The third-order valence-corrected chi connectivity index (χ3v) is 2.12. The van der Waals surface area contributed by atoms with Gasteiger partial charge in [0.2, 0.25) is 0 Å². The second kappa shape index (κ2) is 3.66. The second-order valence-electron chi connectivity index (χ2n) is 2.96. The molecule has 4 nitrogen and oxygen atoms in total. The van der Waals surface area contributed by atoms with Crippen molar-refractivity contribution in [3.05, 3.63) is 18.4 Å². The van der Waals surface area contributed by atoms with E-state index in [1.807, 2.05) is 0 Å². The highest BCUT2D eigenvalue weighted by Crippen LogP contribution is 2.30. The third kappa shape index (κ3) is 1.57. The molecule has 0 bridgehead atoms. The summed E-state index contributed by atoms with van der Waals surface area (Å²) in [5.74, 6) is 0. The van der Waals surface area contributed by atoms with Crippen molar-refractivity contribution >= 4 is 7.85 Å². The summed E-state index contributed by atoms with van der Waals surface area (Å²) in [6.45, 7) is 2.86. The van der Waals surface area contributed by atoms with Crippen molar-refractivity contribution in [1.82, 2.24) is 0 Å². The van der Waals surface area contributed by atoms with Crippen LogP contribution in [0.3, 0.4) is 0 Å². The van der Waals surface area contributed by atoms with Gasteiger partial charge in [0.25, 0.3) is 0 Å². The van der Waals surface area contributed by atoms with Gasteiger partial charge in [0, 0.05) is 0 Å². The molecule has 0 aromatic heterocycles. The zero-order valence-electron chi connectivity index (χ0n) is 7.05. The normalized spacial score (nSPS) is 44.4. The summed E-state index contributed by atoms with van der Waals surface area (Å²) >= 11 is 0. The van der Waals surface area contributed by atoms with Gasteiger partial charge in [-0.1, -0.05) is 6.58 Å².